The number of amides is 3. The monoisotopic (exact) mass is 567 g/mol. The molecule has 3 aromatic carbocycles. The molecule has 3 amide bonds. The zero-order valence-electron chi connectivity index (χ0n) is 23.4. The fourth-order valence-electron chi connectivity index (χ4n) is 4.83. The number of nitrogens with two attached hydrogens (primary N) is 1. The van der Waals surface area contributed by atoms with Crippen LogP contribution in [0.3, 0.4) is 0 Å². The van der Waals surface area contributed by atoms with Crippen molar-refractivity contribution in [3.8, 4) is 16.9 Å². The lowest BCUT2D eigenvalue weighted by Gasteiger charge is -2.19. The van der Waals surface area contributed by atoms with Crippen LogP contribution < -0.4 is 21.7 Å². The Morgan fingerprint density at radius 3 is 2.19 bits per heavy atom. The van der Waals surface area contributed by atoms with Crippen LogP contribution in [0, 0.1) is 6.92 Å². The molecule has 0 saturated carbocycles. The van der Waals surface area contributed by atoms with Crippen LogP contribution in [0.2, 0.25) is 0 Å². The fourth-order valence-corrected chi connectivity index (χ4v) is 4.83. The first-order valence-corrected chi connectivity index (χ1v) is 13.5. The van der Waals surface area contributed by atoms with E-state index < -0.39 is 23.8 Å². The van der Waals surface area contributed by atoms with Crippen LogP contribution in [0.1, 0.15) is 46.2 Å². The molecular weight excluding hydrogens is 534 g/mol. The van der Waals surface area contributed by atoms with E-state index in [1.807, 2.05) is 65.2 Å². The number of carboxylic acid groups (broad SMARTS) is 1. The number of para-hydroxylation sites is 1. The Labute approximate surface area is 243 Å². The third-order valence-electron chi connectivity index (χ3n) is 6.70. The Balaban J connectivity index is 1.91. The average molecular weight is 568 g/mol. The van der Waals surface area contributed by atoms with Gasteiger partial charge >= 0.3 is 5.97 Å². The van der Waals surface area contributed by atoms with Crippen molar-refractivity contribution < 1.29 is 24.3 Å². The zero-order chi connectivity index (χ0) is 30.2. The van der Waals surface area contributed by atoms with Gasteiger partial charge in [-0.15, -0.1) is 0 Å². The Kier molecular flexibility index (Phi) is 9.51. The SMILES string of the molecule is CC(=O)NC(CCCN)C(=O)Nc1c(C(=O)Nc2cccc(C(=O)O)c2)c(C)n(-c2ccccc2)c1-c1ccccc1. The second-order valence-corrected chi connectivity index (χ2v) is 9.73. The molecule has 1 atom stereocenters. The summed E-state index contributed by atoms with van der Waals surface area (Å²) in [6.07, 6.45) is 0.811. The molecule has 0 aliphatic heterocycles. The maximum atomic E-state index is 14.0. The number of benzene rings is 3. The molecule has 0 radical (unpaired) electrons. The molecule has 1 heterocycles. The number of rotatable bonds is 11. The highest BCUT2D eigenvalue weighted by Gasteiger charge is 2.30. The van der Waals surface area contributed by atoms with Crippen molar-refractivity contribution in [2.75, 3.05) is 17.2 Å². The van der Waals surface area contributed by atoms with Crippen LogP contribution in [0.4, 0.5) is 11.4 Å². The highest BCUT2D eigenvalue weighted by molar-refractivity contribution is 6.15. The number of hydrogen-bond donors (Lipinski definition) is 5. The number of nitrogens with one attached hydrogen (secondary N) is 3. The first-order chi connectivity index (χ1) is 20.2. The Hall–Kier alpha value is -5.22. The molecule has 0 aliphatic carbocycles. The molecule has 4 aromatic rings. The van der Waals surface area contributed by atoms with Crippen molar-refractivity contribution in [3.63, 3.8) is 0 Å². The minimum atomic E-state index is -1.13. The van der Waals surface area contributed by atoms with E-state index in [4.69, 9.17) is 5.73 Å². The van der Waals surface area contributed by atoms with Gasteiger partial charge in [0.05, 0.1) is 22.5 Å². The van der Waals surface area contributed by atoms with Crippen LogP contribution in [0.25, 0.3) is 16.9 Å². The first kappa shape index (κ1) is 29.8. The van der Waals surface area contributed by atoms with E-state index in [0.29, 0.717) is 30.8 Å². The quantitative estimate of drug-likeness (QED) is 0.179. The van der Waals surface area contributed by atoms with Crippen molar-refractivity contribution in [1.82, 2.24) is 9.88 Å². The summed E-state index contributed by atoms with van der Waals surface area (Å²) in [5.74, 6) is -2.54. The van der Waals surface area contributed by atoms with Gasteiger partial charge in [0.25, 0.3) is 5.91 Å². The number of aromatic carboxylic acids is 1. The Morgan fingerprint density at radius 2 is 1.57 bits per heavy atom. The van der Waals surface area contributed by atoms with Crippen LogP contribution in [-0.2, 0) is 9.59 Å². The van der Waals surface area contributed by atoms with Crippen LogP contribution in [0.15, 0.2) is 84.9 Å². The molecule has 4 rings (SSSR count). The lowest BCUT2D eigenvalue weighted by atomic mass is 10.1. The van der Waals surface area contributed by atoms with E-state index >= 15 is 0 Å². The van der Waals surface area contributed by atoms with E-state index in [2.05, 4.69) is 16.0 Å². The molecule has 1 aromatic heterocycles. The summed E-state index contributed by atoms with van der Waals surface area (Å²) in [6.45, 7) is 3.45. The van der Waals surface area contributed by atoms with Gasteiger partial charge in [0.15, 0.2) is 0 Å². The number of carboxylic acids is 1. The molecule has 1 unspecified atom stereocenters. The van der Waals surface area contributed by atoms with Crippen LogP contribution in [-0.4, -0.2) is 46.0 Å². The van der Waals surface area contributed by atoms with Crippen molar-refractivity contribution in [2.45, 2.75) is 32.7 Å². The van der Waals surface area contributed by atoms with Gasteiger partial charge in [-0.05, 0) is 56.6 Å². The predicted octanol–water partition coefficient (Wildman–Crippen LogP) is 4.59. The average Bonchev–Trinajstić information content (AvgIpc) is 3.27. The number of carbonyl (C=O) groups is 4. The topological polar surface area (TPSA) is 156 Å². The number of anilines is 2. The van der Waals surface area contributed by atoms with Crippen molar-refractivity contribution in [2.24, 2.45) is 5.73 Å². The maximum absolute atomic E-state index is 14.0. The van der Waals surface area contributed by atoms with E-state index in [1.165, 1.54) is 25.1 Å². The summed E-state index contributed by atoms with van der Waals surface area (Å²) in [6, 6.07) is 23.8. The number of nitrogens with zero attached hydrogens (tertiary/aromatic N) is 1. The fraction of sp³-hybridized carbons (Fsp3) is 0.188. The maximum Gasteiger partial charge on any atom is 0.335 e. The van der Waals surface area contributed by atoms with Crippen molar-refractivity contribution in [3.05, 3.63) is 102 Å². The molecule has 10 nitrogen and oxygen atoms in total. The van der Waals surface area contributed by atoms with Gasteiger partial charge in [0.1, 0.15) is 6.04 Å². The predicted molar refractivity (Wildman–Crippen MR) is 162 cm³/mol. The molecule has 0 bridgehead atoms. The minimum absolute atomic E-state index is 0.0166. The third-order valence-corrected chi connectivity index (χ3v) is 6.70. The highest BCUT2D eigenvalue weighted by atomic mass is 16.4. The largest absolute Gasteiger partial charge is 0.478 e. The lowest BCUT2D eigenvalue weighted by Crippen LogP contribution is -2.43. The Bertz CT molecular complexity index is 1600. The van der Waals surface area contributed by atoms with Crippen molar-refractivity contribution in [1.29, 1.82) is 0 Å². The smallest absolute Gasteiger partial charge is 0.335 e. The van der Waals surface area contributed by atoms with Crippen molar-refractivity contribution >= 4 is 35.1 Å². The highest BCUT2D eigenvalue weighted by Crippen LogP contribution is 2.39. The zero-order valence-corrected chi connectivity index (χ0v) is 23.4. The minimum Gasteiger partial charge on any atom is -0.478 e. The molecule has 216 valence electrons. The molecule has 42 heavy (non-hydrogen) atoms. The molecule has 0 spiro atoms. The number of aromatic nitrogens is 1. The lowest BCUT2D eigenvalue weighted by molar-refractivity contribution is -0.125. The summed E-state index contributed by atoms with van der Waals surface area (Å²) in [5.41, 5.74) is 9.03. The number of hydrogen-bond acceptors (Lipinski definition) is 5. The second-order valence-electron chi connectivity index (χ2n) is 9.73. The standard InChI is InChI=1S/C32H33N5O5/c1-20-27(31(40)35-24-14-9-13-23(19-24)32(41)42)28(36-30(39)26(17-10-18-33)34-21(2)38)29(22-11-5-3-6-12-22)37(20)25-15-7-4-8-16-25/h3-9,11-16,19,26H,10,17-18,33H2,1-2H3,(H,34,38)(H,35,40)(H,36,39)(H,41,42). The molecule has 0 saturated heterocycles. The molecule has 0 aliphatic rings. The van der Waals surface area contributed by atoms with Gasteiger partial charge in [-0.2, -0.15) is 0 Å². The van der Waals surface area contributed by atoms with Gasteiger partial charge in [-0.1, -0.05) is 54.6 Å². The second kappa shape index (κ2) is 13.4. The summed E-state index contributed by atoms with van der Waals surface area (Å²) >= 11 is 0. The van der Waals surface area contributed by atoms with E-state index in [0.717, 1.165) is 11.3 Å². The van der Waals surface area contributed by atoms with Gasteiger partial charge in [0.2, 0.25) is 11.8 Å². The summed E-state index contributed by atoms with van der Waals surface area (Å²) in [5, 5.41) is 17.8. The van der Waals surface area contributed by atoms with E-state index in [1.54, 1.807) is 13.0 Å². The summed E-state index contributed by atoms with van der Waals surface area (Å²) in [4.78, 5) is 51.1. The van der Waals surface area contributed by atoms with Gasteiger partial charge < -0.3 is 31.4 Å². The van der Waals surface area contributed by atoms with E-state index in [9.17, 15) is 24.3 Å². The molecular formula is C32H33N5O5. The summed E-state index contributed by atoms with van der Waals surface area (Å²) < 4.78 is 1.89. The van der Waals surface area contributed by atoms with E-state index in [-0.39, 0.29) is 28.4 Å². The van der Waals surface area contributed by atoms with Gasteiger partial charge in [-0.25, -0.2) is 4.79 Å². The first-order valence-electron chi connectivity index (χ1n) is 13.5. The molecule has 0 fully saturated rings. The summed E-state index contributed by atoms with van der Waals surface area (Å²) in [7, 11) is 0. The van der Waals surface area contributed by atoms with Crippen LogP contribution in [0.5, 0.6) is 0 Å². The molecule has 10 heteroatoms. The number of carbonyl (C=O) groups excluding carboxylic acids is 3. The normalized spacial score (nSPS) is 11.4. The Morgan fingerprint density at radius 1 is 0.905 bits per heavy atom. The van der Waals surface area contributed by atoms with Crippen LogP contribution >= 0.6 is 0 Å². The molecule has 6 N–H and O–H groups in total. The van der Waals surface area contributed by atoms with Gasteiger partial charge in [-0.3, -0.25) is 14.4 Å². The van der Waals surface area contributed by atoms with Gasteiger partial charge in [0, 0.05) is 29.6 Å². The third kappa shape index (κ3) is 6.73.